The number of hydrogen-bond acceptors (Lipinski definition) is 5. The number of hydroxylamine groups is 1. The molecule has 0 aromatic heterocycles. The van der Waals surface area contributed by atoms with E-state index in [1.807, 2.05) is 6.08 Å². The summed E-state index contributed by atoms with van der Waals surface area (Å²) in [6.45, 7) is 2.24. The average Bonchev–Trinajstić information content (AvgIpc) is 3.64. The predicted octanol–water partition coefficient (Wildman–Crippen LogP) is 1.99. The predicted molar refractivity (Wildman–Crippen MR) is 122 cm³/mol. The summed E-state index contributed by atoms with van der Waals surface area (Å²) in [6.07, 6.45) is 5.11. The minimum atomic E-state index is -1.26. The molecular formula is C25H27N3O4. The van der Waals surface area contributed by atoms with Crippen LogP contribution in [0.1, 0.15) is 46.8 Å². The van der Waals surface area contributed by atoms with Gasteiger partial charge in [-0.05, 0) is 67.3 Å². The number of aliphatic hydroxyl groups is 1. The normalized spacial score (nSPS) is 14.8. The molecule has 1 fully saturated rings. The molecule has 0 spiro atoms. The quantitative estimate of drug-likeness (QED) is 0.248. The topological polar surface area (TPSA) is 111 Å². The number of carbonyl (C=O) groups is 2. The van der Waals surface area contributed by atoms with Crippen molar-refractivity contribution in [2.75, 3.05) is 0 Å². The second-order valence-corrected chi connectivity index (χ2v) is 7.74. The molecule has 2 atom stereocenters. The number of rotatable bonds is 8. The lowest BCUT2D eigenvalue weighted by molar-refractivity contribution is -0.133. The van der Waals surface area contributed by atoms with Crippen molar-refractivity contribution in [2.24, 2.45) is 0 Å². The maximum Gasteiger partial charge on any atom is 0.268 e. The van der Waals surface area contributed by atoms with Gasteiger partial charge in [-0.1, -0.05) is 36.1 Å². The summed E-state index contributed by atoms with van der Waals surface area (Å²) >= 11 is 0. The largest absolute Gasteiger partial charge is 0.391 e. The van der Waals surface area contributed by atoms with Crippen LogP contribution in [0.3, 0.4) is 0 Å². The first-order valence-electron chi connectivity index (χ1n) is 10.5. The van der Waals surface area contributed by atoms with Gasteiger partial charge in [0, 0.05) is 23.7 Å². The molecule has 2 aromatic rings. The molecule has 3 rings (SSSR count). The molecule has 0 saturated heterocycles. The Labute approximate surface area is 187 Å². The number of aliphatic hydroxyl groups excluding tert-OH is 1. The molecule has 5 N–H and O–H groups in total. The molecule has 2 amide bonds. The number of carbonyl (C=O) groups excluding carboxylic acids is 2. The number of amides is 2. The van der Waals surface area contributed by atoms with Crippen LogP contribution in [-0.4, -0.2) is 40.3 Å². The lowest BCUT2D eigenvalue weighted by Crippen LogP contribution is -2.51. The molecule has 1 unspecified atom stereocenters. The van der Waals surface area contributed by atoms with Crippen LogP contribution in [0.15, 0.2) is 54.6 Å². The minimum absolute atomic E-state index is 0.304. The molecule has 0 bridgehead atoms. The monoisotopic (exact) mass is 433 g/mol. The Kier molecular flexibility index (Phi) is 8.17. The van der Waals surface area contributed by atoms with Crippen LogP contribution in [0.4, 0.5) is 0 Å². The maximum atomic E-state index is 12.3. The summed E-state index contributed by atoms with van der Waals surface area (Å²) in [4.78, 5) is 23.8. The summed E-state index contributed by atoms with van der Waals surface area (Å²) in [7, 11) is 0. The first-order chi connectivity index (χ1) is 15.5. The molecular weight excluding hydrogens is 406 g/mol. The zero-order chi connectivity index (χ0) is 22.9. The molecule has 1 aliphatic rings. The Hall–Kier alpha value is -3.44. The highest BCUT2D eigenvalue weighted by molar-refractivity contribution is 5.97. The second kappa shape index (κ2) is 11.3. The fourth-order valence-corrected chi connectivity index (χ4v) is 2.96. The van der Waals surface area contributed by atoms with Gasteiger partial charge in [0.1, 0.15) is 6.04 Å². The highest BCUT2D eigenvalue weighted by atomic mass is 16.5. The smallest absolute Gasteiger partial charge is 0.268 e. The van der Waals surface area contributed by atoms with Crippen molar-refractivity contribution < 1.29 is 19.9 Å². The van der Waals surface area contributed by atoms with Crippen molar-refractivity contribution in [3.63, 3.8) is 0 Å². The third kappa shape index (κ3) is 7.06. The van der Waals surface area contributed by atoms with Crippen LogP contribution >= 0.6 is 0 Å². The van der Waals surface area contributed by atoms with Crippen molar-refractivity contribution in [3.8, 4) is 11.8 Å². The highest BCUT2D eigenvalue weighted by Crippen LogP contribution is 2.19. The average molecular weight is 434 g/mol. The Bertz CT molecular complexity index is 1010. The van der Waals surface area contributed by atoms with E-state index < -0.39 is 24.0 Å². The van der Waals surface area contributed by atoms with Gasteiger partial charge in [0.2, 0.25) is 0 Å². The zero-order valence-electron chi connectivity index (χ0n) is 17.8. The molecule has 2 aromatic carbocycles. The van der Waals surface area contributed by atoms with Gasteiger partial charge in [0.15, 0.2) is 0 Å². The highest BCUT2D eigenvalue weighted by Gasteiger charge is 2.25. The maximum absolute atomic E-state index is 12.3. The van der Waals surface area contributed by atoms with Crippen LogP contribution in [0.25, 0.3) is 6.08 Å². The SMILES string of the molecule is C[C@H](O)C(NC(=O)c1ccc(C#C/C=C/c2ccc(CNC3CC3)cc2)cc1)C(=O)NO. The van der Waals surface area contributed by atoms with Crippen LogP contribution < -0.4 is 16.1 Å². The van der Waals surface area contributed by atoms with E-state index in [1.165, 1.54) is 30.8 Å². The van der Waals surface area contributed by atoms with Crippen LogP contribution in [-0.2, 0) is 11.3 Å². The van der Waals surface area contributed by atoms with E-state index in [0.29, 0.717) is 11.6 Å². The summed E-state index contributed by atoms with van der Waals surface area (Å²) in [5, 5.41) is 24.2. The third-order valence-electron chi connectivity index (χ3n) is 5.04. The second-order valence-electron chi connectivity index (χ2n) is 7.74. The Balaban J connectivity index is 1.53. The van der Waals surface area contributed by atoms with E-state index in [9.17, 15) is 14.7 Å². The Morgan fingerprint density at radius 2 is 1.81 bits per heavy atom. The third-order valence-corrected chi connectivity index (χ3v) is 5.04. The van der Waals surface area contributed by atoms with E-state index in [2.05, 4.69) is 46.7 Å². The molecule has 7 nitrogen and oxygen atoms in total. The first-order valence-corrected chi connectivity index (χ1v) is 10.5. The molecule has 1 aliphatic carbocycles. The number of allylic oxidation sites excluding steroid dienone is 1. The van der Waals surface area contributed by atoms with Crippen molar-refractivity contribution in [3.05, 3.63) is 76.9 Å². The fraction of sp³-hybridized carbons (Fsp3) is 0.280. The van der Waals surface area contributed by atoms with E-state index in [4.69, 9.17) is 5.21 Å². The van der Waals surface area contributed by atoms with Crippen molar-refractivity contribution >= 4 is 17.9 Å². The van der Waals surface area contributed by atoms with Crippen LogP contribution in [0.2, 0.25) is 0 Å². The van der Waals surface area contributed by atoms with Gasteiger partial charge in [0.25, 0.3) is 11.8 Å². The summed E-state index contributed by atoms with van der Waals surface area (Å²) in [5.74, 6) is 4.53. The molecule has 7 heteroatoms. The Morgan fingerprint density at radius 3 is 2.41 bits per heavy atom. The van der Waals surface area contributed by atoms with Crippen molar-refractivity contribution in [2.45, 2.75) is 44.5 Å². The molecule has 166 valence electrons. The molecule has 1 saturated carbocycles. The summed E-state index contributed by atoms with van der Waals surface area (Å²) in [6, 6.07) is 14.3. The summed E-state index contributed by atoms with van der Waals surface area (Å²) < 4.78 is 0. The van der Waals surface area contributed by atoms with Crippen molar-refractivity contribution in [1.29, 1.82) is 0 Å². The van der Waals surface area contributed by atoms with Crippen molar-refractivity contribution in [1.82, 2.24) is 16.1 Å². The Morgan fingerprint density at radius 1 is 1.12 bits per heavy atom. The van der Waals surface area contributed by atoms with Gasteiger partial charge < -0.3 is 15.7 Å². The van der Waals surface area contributed by atoms with Gasteiger partial charge in [-0.2, -0.15) is 0 Å². The van der Waals surface area contributed by atoms with Gasteiger partial charge in [-0.3, -0.25) is 14.8 Å². The molecule has 0 radical (unpaired) electrons. The lowest BCUT2D eigenvalue weighted by Gasteiger charge is -2.19. The molecule has 32 heavy (non-hydrogen) atoms. The first kappa shape index (κ1) is 23.2. The number of hydrogen-bond donors (Lipinski definition) is 5. The lowest BCUT2D eigenvalue weighted by atomic mass is 10.1. The fourth-order valence-electron chi connectivity index (χ4n) is 2.96. The van der Waals surface area contributed by atoms with Gasteiger partial charge in [-0.25, -0.2) is 5.48 Å². The van der Waals surface area contributed by atoms with Gasteiger partial charge in [0.05, 0.1) is 6.10 Å². The van der Waals surface area contributed by atoms with Crippen LogP contribution in [0.5, 0.6) is 0 Å². The van der Waals surface area contributed by atoms with E-state index in [-0.39, 0.29) is 0 Å². The van der Waals surface area contributed by atoms with Gasteiger partial charge in [-0.15, -0.1) is 0 Å². The number of benzene rings is 2. The van der Waals surface area contributed by atoms with Crippen LogP contribution in [0, 0.1) is 11.8 Å². The number of nitrogens with one attached hydrogen (secondary N) is 3. The standard InChI is InChI=1S/C25H27N3O4/c1-17(29)23(25(31)28-32)27-24(30)21-12-10-19(11-13-21)5-3-2-4-18-6-8-20(9-7-18)16-26-22-14-15-22/h2,4,6-13,17,22-23,26,29,32H,14-16H2,1H3,(H,27,30)(H,28,31)/b4-2+/t17-,23?/m0/s1. The zero-order valence-corrected chi connectivity index (χ0v) is 17.8. The molecule has 0 aliphatic heterocycles. The summed E-state index contributed by atoms with van der Waals surface area (Å²) in [5.41, 5.74) is 4.80. The van der Waals surface area contributed by atoms with E-state index in [1.54, 1.807) is 30.3 Å². The van der Waals surface area contributed by atoms with Gasteiger partial charge >= 0.3 is 0 Å². The van der Waals surface area contributed by atoms with E-state index in [0.717, 1.165) is 17.7 Å². The minimum Gasteiger partial charge on any atom is -0.391 e. The molecule has 0 heterocycles. The van der Waals surface area contributed by atoms with E-state index >= 15 is 0 Å².